The summed E-state index contributed by atoms with van der Waals surface area (Å²) in [6, 6.07) is 3.29. The average molecular weight is 303 g/mol. The van der Waals surface area contributed by atoms with Gasteiger partial charge in [0.05, 0.1) is 13.3 Å². The van der Waals surface area contributed by atoms with Crippen molar-refractivity contribution in [2.24, 2.45) is 7.05 Å². The van der Waals surface area contributed by atoms with Crippen LogP contribution in [0.4, 0.5) is 11.5 Å². The molecule has 0 aliphatic carbocycles. The maximum atomic E-state index is 12.3. The molecule has 0 saturated carbocycles. The van der Waals surface area contributed by atoms with Crippen LogP contribution in [0.1, 0.15) is 10.4 Å². The van der Waals surface area contributed by atoms with Gasteiger partial charge in [-0.25, -0.2) is 4.98 Å². The number of hydrogen-bond acceptors (Lipinski definition) is 6. The van der Waals surface area contributed by atoms with Crippen molar-refractivity contribution in [3.8, 4) is 6.01 Å². The second-order valence-corrected chi connectivity index (χ2v) is 4.78. The number of nitrogens with one attached hydrogen (secondary N) is 1. The molecule has 0 fully saturated rings. The van der Waals surface area contributed by atoms with Gasteiger partial charge in [0.15, 0.2) is 5.82 Å². The van der Waals surface area contributed by atoms with Crippen LogP contribution in [-0.4, -0.2) is 41.6 Å². The quantitative estimate of drug-likeness (QED) is 0.885. The molecular weight excluding hydrogens is 286 g/mol. The number of aryl methyl sites for hydroxylation is 1. The Morgan fingerprint density at radius 2 is 2.14 bits per heavy atom. The molecule has 0 aliphatic rings. The Labute approximate surface area is 127 Å². The first-order valence-corrected chi connectivity index (χ1v) is 6.49. The Kier molecular flexibility index (Phi) is 4.40. The average Bonchev–Trinajstić information content (AvgIpc) is 2.50. The van der Waals surface area contributed by atoms with E-state index >= 15 is 0 Å². The van der Waals surface area contributed by atoms with Crippen LogP contribution in [0.2, 0.25) is 0 Å². The number of hydrogen-bond donors (Lipinski definition) is 1. The molecule has 0 aliphatic heterocycles. The number of aromatic nitrogens is 3. The van der Waals surface area contributed by atoms with E-state index in [0.717, 1.165) is 0 Å². The van der Waals surface area contributed by atoms with E-state index in [1.165, 1.54) is 23.9 Å². The summed E-state index contributed by atoms with van der Waals surface area (Å²) in [5.74, 6) is -0.0361. The largest absolute Gasteiger partial charge is 0.467 e. The van der Waals surface area contributed by atoms with E-state index < -0.39 is 5.91 Å². The van der Waals surface area contributed by atoms with Gasteiger partial charge in [-0.15, -0.1) is 0 Å². The standard InChI is InChI=1S/C14H17N5O3/c1-18(2)11-10(8-15-14(17-11)22-4)16-12(20)9-6-5-7-19(3)13(9)21/h5-8H,1-4H3,(H,16,20). The van der Waals surface area contributed by atoms with Crippen LogP contribution in [0.3, 0.4) is 0 Å². The molecule has 2 heterocycles. The number of carbonyl (C=O) groups excluding carboxylic acids is 1. The highest BCUT2D eigenvalue weighted by molar-refractivity contribution is 6.05. The summed E-state index contributed by atoms with van der Waals surface area (Å²) >= 11 is 0. The monoisotopic (exact) mass is 303 g/mol. The van der Waals surface area contributed by atoms with Crippen molar-refractivity contribution in [2.75, 3.05) is 31.4 Å². The third-order valence-electron chi connectivity index (χ3n) is 2.97. The zero-order chi connectivity index (χ0) is 16.3. The minimum absolute atomic E-state index is 0.0468. The van der Waals surface area contributed by atoms with Gasteiger partial charge >= 0.3 is 6.01 Å². The molecule has 1 N–H and O–H groups in total. The molecule has 8 nitrogen and oxygen atoms in total. The van der Waals surface area contributed by atoms with Crippen molar-refractivity contribution in [3.63, 3.8) is 0 Å². The molecule has 8 heteroatoms. The lowest BCUT2D eigenvalue weighted by Crippen LogP contribution is -2.27. The molecular formula is C14H17N5O3. The Morgan fingerprint density at radius 3 is 2.77 bits per heavy atom. The van der Waals surface area contributed by atoms with Crippen LogP contribution in [0, 0.1) is 0 Å². The van der Waals surface area contributed by atoms with Crippen molar-refractivity contribution in [1.29, 1.82) is 0 Å². The lowest BCUT2D eigenvalue weighted by Gasteiger charge is -2.16. The van der Waals surface area contributed by atoms with E-state index in [9.17, 15) is 9.59 Å². The Morgan fingerprint density at radius 1 is 1.41 bits per heavy atom. The molecule has 2 rings (SSSR count). The first-order chi connectivity index (χ1) is 10.4. The topological polar surface area (TPSA) is 89.3 Å². The third kappa shape index (κ3) is 3.05. The van der Waals surface area contributed by atoms with Gasteiger partial charge in [-0.1, -0.05) is 0 Å². The highest BCUT2D eigenvalue weighted by atomic mass is 16.5. The number of rotatable bonds is 4. The van der Waals surface area contributed by atoms with Crippen LogP contribution in [0.15, 0.2) is 29.3 Å². The third-order valence-corrected chi connectivity index (χ3v) is 2.97. The fraction of sp³-hybridized carbons (Fsp3) is 0.286. The number of methoxy groups -OCH3 is 1. The summed E-state index contributed by atoms with van der Waals surface area (Å²) in [6.45, 7) is 0. The summed E-state index contributed by atoms with van der Waals surface area (Å²) < 4.78 is 6.31. The Bertz CT molecular complexity index is 754. The van der Waals surface area contributed by atoms with E-state index in [4.69, 9.17) is 4.74 Å². The fourth-order valence-corrected chi connectivity index (χ4v) is 1.84. The Balaban J connectivity index is 2.36. The van der Waals surface area contributed by atoms with Gasteiger partial charge in [0, 0.05) is 27.3 Å². The minimum Gasteiger partial charge on any atom is -0.467 e. The maximum Gasteiger partial charge on any atom is 0.318 e. The van der Waals surface area contributed by atoms with E-state index in [-0.39, 0.29) is 17.1 Å². The molecule has 1 amide bonds. The number of ether oxygens (including phenoxy) is 1. The lowest BCUT2D eigenvalue weighted by atomic mass is 10.2. The molecule has 0 atom stereocenters. The van der Waals surface area contributed by atoms with Crippen LogP contribution in [0.25, 0.3) is 0 Å². The Hall–Kier alpha value is -2.90. The predicted molar refractivity (Wildman–Crippen MR) is 82.5 cm³/mol. The number of anilines is 2. The van der Waals surface area contributed by atoms with Gasteiger partial charge in [-0.3, -0.25) is 9.59 Å². The highest BCUT2D eigenvalue weighted by Gasteiger charge is 2.16. The molecule has 0 unspecified atom stereocenters. The molecule has 0 aromatic carbocycles. The van der Waals surface area contributed by atoms with Crippen molar-refractivity contribution in [1.82, 2.24) is 14.5 Å². The predicted octanol–water partition coefficient (Wildman–Crippen LogP) is 0.502. The second kappa shape index (κ2) is 6.25. The van der Waals surface area contributed by atoms with Gasteiger partial charge in [-0.05, 0) is 12.1 Å². The van der Waals surface area contributed by atoms with Crippen LogP contribution < -0.4 is 20.5 Å². The maximum absolute atomic E-state index is 12.3. The molecule has 0 bridgehead atoms. The summed E-state index contributed by atoms with van der Waals surface area (Å²) in [4.78, 5) is 34.1. The molecule has 0 saturated heterocycles. The number of amides is 1. The highest BCUT2D eigenvalue weighted by Crippen LogP contribution is 2.23. The summed E-state index contributed by atoms with van der Waals surface area (Å²) in [5, 5.41) is 2.65. The SMILES string of the molecule is COc1ncc(NC(=O)c2cccn(C)c2=O)c(N(C)C)n1. The van der Waals surface area contributed by atoms with Crippen LogP contribution in [0.5, 0.6) is 6.01 Å². The van der Waals surface area contributed by atoms with Crippen molar-refractivity contribution in [2.45, 2.75) is 0 Å². The molecule has 22 heavy (non-hydrogen) atoms. The van der Waals surface area contributed by atoms with Gasteiger partial charge < -0.3 is 19.5 Å². The van der Waals surface area contributed by atoms with E-state index in [2.05, 4.69) is 15.3 Å². The van der Waals surface area contributed by atoms with Crippen LogP contribution in [-0.2, 0) is 7.05 Å². The normalized spacial score (nSPS) is 10.2. The van der Waals surface area contributed by atoms with E-state index in [1.807, 2.05) is 0 Å². The zero-order valence-corrected chi connectivity index (χ0v) is 12.8. The summed E-state index contributed by atoms with van der Waals surface area (Å²) in [7, 11) is 6.60. The molecule has 116 valence electrons. The molecule has 0 radical (unpaired) electrons. The number of nitrogens with zero attached hydrogens (tertiary/aromatic N) is 4. The number of pyridine rings is 1. The second-order valence-electron chi connectivity index (χ2n) is 4.78. The molecule has 2 aromatic rings. The van der Waals surface area contributed by atoms with Crippen LogP contribution >= 0.6 is 0 Å². The summed E-state index contributed by atoms with van der Waals surface area (Å²) in [6.07, 6.45) is 3.02. The van der Waals surface area contributed by atoms with Gasteiger partial charge in [-0.2, -0.15) is 4.98 Å². The fourth-order valence-electron chi connectivity index (χ4n) is 1.84. The first-order valence-electron chi connectivity index (χ1n) is 6.49. The van der Waals surface area contributed by atoms with E-state index in [1.54, 1.807) is 38.3 Å². The van der Waals surface area contributed by atoms with Crippen molar-refractivity contribution >= 4 is 17.4 Å². The molecule has 0 spiro atoms. The van der Waals surface area contributed by atoms with Gasteiger partial charge in [0.25, 0.3) is 11.5 Å². The smallest absolute Gasteiger partial charge is 0.318 e. The van der Waals surface area contributed by atoms with E-state index in [0.29, 0.717) is 11.5 Å². The van der Waals surface area contributed by atoms with Gasteiger partial charge in [0.2, 0.25) is 0 Å². The van der Waals surface area contributed by atoms with Crippen molar-refractivity contribution in [3.05, 3.63) is 40.4 Å². The summed E-state index contributed by atoms with van der Waals surface area (Å²) in [5.41, 5.74) is 0.0630. The lowest BCUT2D eigenvalue weighted by molar-refractivity contribution is 0.102. The van der Waals surface area contributed by atoms with Crippen molar-refractivity contribution < 1.29 is 9.53 Å². The van der Waals surface area contributed by atoms with Gasteiger partial charge in [0.1, 0.15) is 11.3 Å². The minimum atomic E-state index is -0.516. The zero-order valence-electron chi connectivity index (χ0n) is 12.8. The molecule has 2 aromatic heterocycles. The number of carbonyl (C=O) groups is 1. The first kappa shape index (κ1) is 15.5.